The molecule has 0 amide bonds. The quantitative estimate of drug-likeness (QED) is 0.354. The lowest BCUT2D eigenvalue weighted by Gasteiger charge is -2.09. The highest BCUT2D eigenvalue weighted by atomic mass is 16.5. The summed E-state index contributed by atoms with van der Waals surface area (Å²) < 4.78 is 10.8. The standard InChI is InChI=1S/C18H34O3/c1-2-3-4-5-6-7-8-14-18(19)21-15-10-9-12-17-13-11-16-20-17/h17H,2-16H2,1H3/t17-/m1/s1. The van der Waals surface area contributed by atoms with Gasteiger partial charge in [0.2, 0.25) is 0 Å². The minimum absolute atomic E-state index is 0.0133. The van der Waals surface area contributed by atoms with Gasteiger partial charge in [-0.3, -0.25) is 4.79 Å². The molecule has 1 heterocycles. The second-order valence-corrected chi connectivity index (χ2v) is 6.22. The predicted molar refractivity (Wildman–Crippen MR) is 86.4 cm³/mol. The van der Waals surface area contributed by atoms with E-state index in [1.165, 1.54) is 44.9 Å². The van der Waals surface area contributed by atoms with Crippen molar-refractivity contribution in [3.63, 3.8) is 0 Å². The first-order valence-electron chi connectivity index (χ1n) is 9.10. The molecule has 21 heavy (non-hydrogen) atoms. The molecule has 1 saturated heterocycles. The van der Waals surface area contributed by atoms with E-state index < -0.39 is 0 Å². The van der Waals surface area contributed by atoms with Gasteiger partial charge in [0, 0.05) is 13.0 Å². The van der Waals surface area contributed by atoms with E-state index >= 15 is 0 Å². The van der Waals surface area contributed by atoms with E-state index in [-0.39, 0.29) is 5.97 Å². The van der Waals surface area contributed by atoms with Crippen LogP contribution in [0.15, 0.2) is 0 Å². The normalized spacial score (nSPS) is 18.0. The molecule has 0 bridgehead atoms. The Bertz CT molecular complexity index is 247. The molecule has 1 atom stereocenters. The highest BCUT2D eigenvalue weighted by Crippen LogP contribution is 2.17. The smallest absolute Gasteiger partial charge is 0.305 e. The molecule has 0 aromatic rings. The fourth-order valence-electron chi connectivity index (χ4n) is 2.83. The second-order valence-electron chi connectivity index (χ2n) is 6.22. The zero-order valence-electron chi connectivity index (χ0n) is 13.9. The average Bonchev–Trinajstić information content (AvgIpc) is 2.99. The SMILES string of the molecule is CCCCCCCCCC(=O)OCCCC[C@@H]1CCCO1. The molecule has 3 nitrogen and oxygen atoms in total. The Morgan fingerprint density at radius 3 is 2.52 bits per heavy atom. The van der Waals surface area contributed by atoms with Gasteiger partial charge in [-0.2, -0.15) is 0 Å². The highest BCUT2D eigenvalue weighted by molar-refractivity contribution is 5.69. The summed E-state index contributed by atoms with van der Waals surface area (Å²) in [7, 11) is 0. The largest absolute Gasteiger partial charge is 0.466 e. The van der Waals surface area contributed by atoms with E-state index in [9.17, 15) is 4.79 Å². The van der Waals surface area contributed by atoms with Crippen LogP contribution in [-0.2, 0) is 14.3 Å². The van der Waals surface area contributed by atoms with E-state index in [1.807, 2.05) is 0 Å². The molecule has 0 saturated carbocycles. The van der Waals surface area contributed by atoms with Gasteiger partial charge >= 0.3 is 5.97 Å². The van der Waals surface area contributed by atoms with Gasteiger partial charge < -0.3 is 9.47 Å². The minimum atomic E-state index is -0.0133. The van der Waals surface area contributed by atoms with Crippen LogP contribution in [0.5, 0.6) is 0 Å². The maximum absolute atomic E-state index is 11.6. The third kappa shape index (κ3) is 10.8. The fraction of sp³-hybridized carbons (Fsp3) is 0.944. The number of esters is 1. The molecule has 0 spiro atoms. The first kappa shape index (κ1) is 18.5. The summed E-state index contributed by atoms with van der Waals surface area (Å²) in [5.41, 5.74) is 0. The van der Waals surface area contributed by atoms with Gasteiger partial charge in [-0.1, -0.05) is 45.4 Å². The van der Waals surface area contributed by atoms with Crippen LogP contribution in [0.2, 0.25) is 0 Å². The average molecular weight is 298 g/mol. The van der Waals surface area contributed by atoms with Crippen molar-refractivity contribution >= 4 is 5.97 Å². The molecule has 0 unspecified atom stereocenters. The van der Waals surface area contributed by atoms with Crippen LogP contribution in [0.25, 0.3) is 0 Å². The second kappa shape index (κ2) is 13.1. The number of carbonyl (C=O) groups is 1. The van der Waals surface area contributed by atoms with E-state index in [4.69, 9.17) is 9.47 Å². The van der Waals surface area contributed by atoms with Gasteiger partial charge in [0.05, 0.1) is 12.7 Å². The van der Waals surface area contributed by atoms with Gasteiger partial charge in [0.15, 0.2) is 0 Å². The summed E-state index contributed by atoms with van der Waals surface area (Å²) in [5, 5.41) is 0. The number of carbonyl (C=O) groups excluding carboxylic acids is 1. The minimum Gasteiger partial charge on any atom is -0.466 e. The topological polar surface area (TPSA) is 35.5 Å². The zero-order chi connectivity index (χ0) is 15.2. The summed E-state index contributed by atoms with van der Waals surface area (Å²) in [6.07, 6.45) is 15.4. The molecule has 1 rings (SSSR count). The Morgan fingerprint density at radius 1 is 1.05 bits per heavy atom. The Hall–Kier alpha value is -0.570. The number of unbranched alkanes of at least 4 members (excludes halogenated alkanes) is 7. The maximum Gasteiger partial charge on any atom is 0.305 e. The van der Waals surface area contributed by atoms with Gasteiger partial charge in [-0.05, 0) is 38.5 Å². The summed E-state index contributed by atoms with van der Waals surface area (Å²) in [4.78, 5) is 11.6. The number of ether oxygens (including phenoxy) is 2. The zero-order valence-corrected chi connectivity index (χ0v) is 13.9. The number of rotatable bonds is 13. The van der Waals surface area contributed by atoms with Gasteiger partial charge in [0.25, 0.3) is 0 Å². The summed E-state index contributed by atoms with van der Waals surface area (Å²) in [5.74, 6) is -0.0133. The molecule has 3 heteroatoms. The molecule has 1 aliphatic rings. The van der Waals surface area contributed by atoms with Crippen LogP contribution in [0.1, 0.15) is 90.4 Å². The Morgan fingerprint density at radius 2 is 1.81 bits per heavy atom. The van der Waals surface area contributed by atoms with E-state index in [1.54, 1.807) is 0 Å². The Kier molecular flexibility index (Phi) is 11.5. The number of hydrogen-bond acceptors (Lipinski definition) is 3. The first-order valence-corrected chi connectivity index (χ1v) is 9.10. The van der Waals surface area contributed by atoms with Crippen LogP contribution in [-0.4, -0.2) is 25.3 Å². The van der Waals surface area contributed by atoms with E-state index in [2.05, 4.69) is 6.92 Å². The molecule has 124 valence electrons. The predicted octanol–water partition coefficient (Wildman–Crippen LogP) is 5.02. The van der Waals surface area contributed by atoms with Crippen LogP contribution < -0.4 is 0 Å². The van der Waals surface area contributed by atoms with Gasteiger partial charge in [-0.15, -0.1) is 0 Å². The summed E-state index contributed by atoms with van der Waals surface area (Å²) in [6.45, 7) is 3.75. The molecular formula is C18H34O3. The lowest BCUT2D eigenvalue weighted by molar-refractivity contribution is -0.143. The van der Waals surface area contributed by atoms with Crippen molar-refractivity contribution in [1.82, 2.24) is 0 Å². The van der Waals surface area contributed by atoms with Crippen molar-refractivity contribution in [1.29, 1.82) is 0 Å². The van der Waals surface area contributed by atoms with Gasteiger partial charge in [0.1, 0.15) is 0 Å². The summed E-state index contributed by atoms with van der Waals surface area (Å²) >= 11 is 0. The molecule has 0 radical (unpaired) electrons. The lowest BCUT2D eigenvalue weighted by Crippen LogP contribution is -2.08. The Balaban J connectivity index is 1.78. The molecule has 1 fully saturated rings. The van der Waals surface area contributed by atoms with Crippen LogP contribution in [0.4, 0.5) is 0 Å². The highest BCUT2D eigenvalue weighted by Gasteiger charge is 2.14. The fourth-order valence-corrected chi connectivity index (χ4v) is 2.83. The third-order valence-electron chi connectivity index (χ3n) is 4.19. The van der Waals surface area contributed by atoms with E-state index in [0.29, 0.717) is 19.1 Å². The molecule has 0 aromatic heterocycles. The maximum atomic E-state index is 11.6. The molecule has 1 aliphatic heterocycles. The number of hydrogen-bond donors (Lipinski definition) is 0. The van der Waals surface area contributed by atoms with Crippen molar-refractivity contribution < 1.29 is 14.3 Å². The van der Waals surface area contributed by atoms with Crippen molar-refractivity contribution in [2.24, 2.45) is 0 Å². The van der Waals surface area contributed by atoms with Gasteiger partial charge in [-0.25, -0.2) is 0 Å². The molecule has 0 aromatic carbocycles. The van der Waals surface area contributed by atoms with Crippen molar-refractivity contribution in [2.75, 3.05) is 13.2 Å². The van der Waals surface area contributed by atoms with Crippen LogP contribution in [0, 0.1) is 0 Å². The Labute approximate surface area is 130 Å². The first-order chi connectivity index (χ1) is 10.3. The van der Waals surface area contributed by atoms with Crippen LogP contribution >= 0.6 is 0 Å². The van der Waals surface area contributed by atoms with Crippen molar-refractivity contribution in [3.05, 3.63) is 0 Å². The van der Waals surface area contributed by atoms with Crippen molar-refractivity contribution in [2.45, 2.75) is 96.5 Å². The van der Waals surface area contributed by atoms with E-state index in [0.717, 1.165) is 38.7 Å². The molecular weight excluding hydrogens is 264 g/mol. The molecule has 0 N–H and O–H groups in total. The lowest BCUT2D eigenvalue weighted by atomic mass is 10.1. The summed E-state index contributed by atoms with van der Waals surface area (Å²) in [6, 6.07) is 0. The monoisotopic (exact) mass is 298 g/mol. The third-order valence-corrected chi connectivity index (χ3v) is 4.19. The van der Waals surface area contributed by atoms with Crippen LogP contribution in [0.3, 0.4) is 0 Å². The molecule has 0 aliphatic carbocycles. The van der Waals surface area contributed by atoms with Crippen molar-refractivity contribution in [3.8, 4) is 0 Å².